The first-order chi connectivity index (χ1) is 16.4. The van der Waals surface area contributed by atoms with Crippen LogP contribution >= 0.6 is 0 Å². The van der Waals surface area contributed by atoms with Crippen molar-refractivity contribution in [2.45, 2.75) is 84.4 Å². The third kappa shape index (κ3) is 8.16. The largest absolute Gasteiger partial charge is 0.463 e. The summed E-state index contributed by atoms with van der Waals surface area (Å²) in [6, 6.07) is 0. The van der Waals surface area contributed by atoms with Crippen LogP contribution in [-0.2, 0) is 49.9 Å². The Balaban J connectivity index is 2.26. The first-order valence-electron chi connectivity index (χ1n) is 11.2. The zero-order valence-electron chi connectivity index (χ0n) is 20.8. The lowest BCUT2D eigenvalue weighted by molar-refractivity contribution is -0.253. The Bertz CT molecular complexity index is 937. The Hall–Kier alpha value is -3.28. The Labute approximate surface area is 203 Å². The number of esters is 4. The summed E-state index contributed by atoms with van der Waals surface area (Å²) >= 11 is 0. The van der Waals surface area contributed by atoms with Gasteiger partial charge in [0, 0.05) is 47.4 Å². The molecule has 0 aliphatic carbocycles. The van der Waals surface area contributed by atoms with E-state index in [0.717, 1.165) is 13.8 Å². The van der Waals surface area contributed by atoms with Crippen LogP contribution in [0.5, 0.6) is 0 Å². The second-order valence-corrected chi connectivity index (χ2v) is 8.34. The molecule has 1 aliphatic heterocycles. The molecular weight excluding hydrogens is 464 g/mol. The molecule has 194 valence electrons. The van der Waals surface area contributed by atoms with Crippen LogP contribution < -0.4 is 0 Å². The number of hydrogen-bond acceptors (Lipinski definition) is 11. The van der Waals surface area contributed by atoms with Crippen molar-refractivity contribution in [3.8, 4) is 0 Å². The number of rotatable bonds is 10. The Kier molecular flexibility index (Phi) is 9.93. The molecule has 0 unspecified atom stereocenters. The normalized spacial score (nSPS) is 23.8. The summed E-state index contributed by atoms with van der Waals surface area (Å²) in [5.41, 5.74) is 0.339. The van der Waals surface area contributed by atoms with Crippen LogP contribution in [0.1, 0.15) is 63.3 Å². The van der Waals surface area contributed by atoms with Crippen LogP contribution in [0.2, 0.25) is 0 Å². The van der Waals surface area contributed by atoms with E-state index in [1.807, 2.05) is 0 Å². The third-order valence-electron chi connectivity index (χ3n) is 5.37. The molecule has 2 rings (SSSR count). The van der Waals surface area contributed by atoms with Gasteiger partial charge in [0.1, 0.15) is 24.2 Å². The molecule has 35 heavy (non-hydrogen) atoms. The van der Waals surface area contributed by atoms with Gasteiger partial charge >= 0.3 is 23.9 Å². The fraction of sp³-hybridized carbons (Fsp3) is 0.652. The van der Waals surface area contributed by atoms with E-state index in [9.17, 15) is 24.0 Å². The molecule has 2 heterocycles. The molecule has 0 N–H and O–H groups in total. The van der Waals surface area contributed by atoms with Gasteiger partial charge in [-0.3, -0.25) is 24.0 Å². The second-order valence-electron chi connectivity index (χ2n) is 8.34. The highest BCUT2D eigenvalue weighted by Gasteiger charge is 2.51. The average Bonchev–Trinajstić information content (AvgIpc) is 3.08. The monoisotopic (exact) mass is 496 g/mol. The van der Waals surface area contributed by atoms with Gasteiger partial charge in [-0.15, -0.1) is 0 Å². The quantitative estimate of drug-likeness (QED) is 0.261. The first-order valence-corrected chi connectivity index (χ1v) is 11.2. The summed E-state index contributed by atoms with van der Waals surface area (Å²) in [5, 5.41) is 0. The van der Waals surface area contributed by atoms with E-state index >= 15 is 0 Å². The number of nitrogens with zero attached hydrogens (tertiary/aromatic N) is 2. The van der Waals surface area contributed by atoms with Crippen molar-refractivity contribution in [3.05, 3.63) is 17.7 Å². The topological polar surface area (TPSA) is 149 Å². The van der Waals surface area contributed by atoms with Gasteiger partial charge in [0.05, 0.1) is 6.10 Å². The van der Waals surface area contributed by atoms with Crippen molar-refractivity contribution in [1.82, 2.24) is 9.55 Å². The van der Waals surface area contributed by atoms with Crippen molar-refractivity contribution in [2.24, 2.45) is 7.05 Å². The van der Waals surface area contributed by atoms with E-state index in [-0.39, 0.29) is 25.2 Å². The van der Waals surface area contributed by atoms with E-state index in [2.05, 4.69) is 4.98 Å². The minimum absolute atomic E-state index is 0.142. The highest BCUT2D eigenvalue weighted by molar-refractivity contribution is 5.94. The number of ether oxygens (including phenoxy) is 5. The van der Waals surface area contributed by atoms with Gasteiger partial charge in [-0.2, -0.15) is 0 Å². The number of aromatic nitrogens is 2. The molecule has 1 aromatic rings. The smallest absolute Gasteiger partial charge is 0.303 e. The standard InChI is InChI=1S/C23H32N2O10/c1-12-24-17(10-25(12)6)18(30)8-7-9-19-21(32-14(3)27)23(34-16(5)29)22(33-15(4)28)20(35-19)11-31-13(2)26/h10,19-23H,7-9,11H2,1-6H3/t19-,20-,21+,22-,23-/m1/s1. The lowest BCUT2D eigenvalue weighted by Gasteiger charge is -2.44. The summed E-state index contributed by atoms with van der Waals surface area (Å²) in [4.78, 5) is 63.6. The van der Waals surface area contributed by atoms with Crippen molar-refractivity contribution in [1.29, 1.82) is 0 Å². The summed E-state index contributed by atoms with van der Waals surface area (Å²) in [6.07, 6.45) is -3.02. The Morgan fingerprint density at radius 2 is 1.43 bits per heavy atom. The molecule has 1 fully saturated rings. The van der Waals surface area contributed by atoms with E-state index in [1.165, 1.54) is 13.8 Å². The third-order valence-corrected chi connectivity index (χ3v) is 5.37. The van der Waals surface area contributed by atoms with E-state index < -0.39 is 54.4 Å². The number of imidazole rings is 1. The first kappa shape index (κ1) is 28.0. The Morgan fingerprint density at radius 3 is 1.91 bits per heavy atom. The van der Waals surface area contributed by atoms with Gasteiger partial charge in [-0.25, -0.2) is 4.98 Å². The van der Waals surface area contributed by atoms with Crippen LogP contribution in [-0.4, -0.2) is 76.3 Å². The van der Waals surface area contributed by atoms with Crippen molar-refractivity contribution in [2.75, 3.05) is 6.61 Å². The predicted molar refractivity (Wildman–Crippen MR) is 118 cm³/mol. The van der Waals surface area contributed by atoms with Gasteiger partial charge in [0.2, 0.25) is 0 Å². The summed E-state index contributed by atoms with van der Waals surface area (Å²) < 4.78 is 29.0. The maximum absolute atomic E-state index is 12.5. The number of ketones is 1. The summed E-state index contributed by atoms with van der Waals surface area (Å²) in [7, 11) is 1.79. The highest BCUT2D eigenvalue weighted by atomic mass is 16.7. The van der Waals surface area contributed by atoms with Crippen LogP contribution in [0.15, 0.2) is 6.20 Å². The number of aryl methyl sites for hydroxylation is 2. The van der Waals surface area contributed by atoms with Crippen LogP contribution in [0.25, 0.3) is 0 Å². The fourth-order valence-electron chi connectivity index (χ4n) is 3.84. The molecular formula is C23H32N2O10. The van der Waals surface area contributed by atoms with E-state index in [0.29, 0.717) is 17.9 Å². The minimum atomic E-state index is -1.21. The van der Waals surface area contributed by atoms with Crippen LogP contribution in [0.4, 0.5) is 0 Å². The molecule has 0 spiro atoms. The zero-order chi connectivity index (χ0) is 26.3. The van der Waals surface area contributed by atoms with Crippen molar-refractivity contribution < 1.29 is 47.7 Å². The van der Waals surface area contributed by atoms with E-state index in [1.54, 1.807) is 24.7 Å². The van der Waals surface area contributed by atoms with Crippen molar-refractivity contribution >= 4 is 29.7 Å². The Morgan fingerprint density at radius 1 is 0.886 bits per heavy atom. The fourth-order valence-corrected chi connectivity index (χ4v) is 3.84. The minimum Gasteiger partial charge on any atom is -0.463 e. The van der Waals surface area contributed by atoms with Crippen LogP contribution in [0.3, 0.4) is 0 Å². The molecule has 0 bridgehead atoms. The average molecular weight is 497 g/mol. The molecule has 12 heteroatoms. The van der Waals surface area contributed by atoms with Crippen molar-refractivity contribution in [3.63, 3.8) is 0 Å². The lowest BCUT2D eigenvalue weighted by atomic mass is 9.91. The predicted octanol–water partition coefficient (Wildman–Crippen LogP) is 1.21. The molecule has 12 nitrogen and oxygen atoms in total. The second kappa shape index (κ2) is 12.4. The molecule has 0 radical (unpaired) electrons. The summed E-state index contributed by atoms with van der Waals surface area (Å²) in [6.45, 7) is 6.20. The number of carbonyl (C=O) groups excluding carboxylic acids is 5. The molecule has 1 aliphatic rings. The van der Waals surface area contributed by atoms with Gasteiger partial charge in [-0.1, -0.05) is 0 Å². The number of carbonyl (C=O) groups is 5. The molecule has 1 aromatic heterocycles. The molecule has 0 amide bonds. The van der Waals surface area contributed by atoms with Gasteiger partial charge < -0.3 is 28.3 Å². The van der Waals surface area contributed by atoms with Crippen LogP contribution in [0, 0.1) is 6.92 Å². The van der Waals surface area contributed by atoms with Gasteiger partial charge in [-0.05, 0) is 19.8 Å². The SMILES string of the molecule is CC(=O)OC[C@H]1O[C@H](CCCC(=O)c2cn(C)c(C)n2)[C@H](OC(C)=O)[C@@H](OC(C)=O)[C@@H]1OC(C)=O. The maximum Gasteiger partial charge on any atom is 0.303 e. The molecule has 1 saturated heterocycles. The molecule has 5 atom stereocenters. The maximum atomic E-state index is 12.5. The lowest BCUT2D eigenvalue weighted by Crippen LogP contribution is -2.62. The highest BCUT2D eigenvalue weighted by Crippen LogP contribution is 2.31. The zero-order valence-corrected chi connectivity index (χ0v) is 20.8. The molecule has 0 aromatic carbocycles. The molecule has 0 saturated carbocycles. The van der Waals surface area contributed by atoms with Gasteiger partial charge in [0.15, 0.2) is 24.1 Å². The number of Topliss-reactive ketones (excluding diaryl/α,β-unsaturated/α-hetero) is 1. The number of hydrogen-bond donors (Lipinski definition) is 0. The summed E-state index contributed by atoms with van der Waals surface area (Å²) in [5.74, 6) is -2.11. The van der Waals surface area contributed by atoms with E-state index in [4.69, 9.17) is 23.7 Å². The van der Waals surface area contributed by atoms with Gasteiger partial charge in [0.25, 0.3) is 0 Å².